The van der Waals surface area contributed by atoms with E-state index in [9.17, 15) is 9.18 Å². The fourth-order valence-corrected chi connectivity index (χ4v) is 4.59. The molecule has 0 saturated heterocycles. The van der Waals surface area contributed by atoms with Gasteiger partial charge in [0.2, 0.25) is 5.91 Å². The smallest absolute Gasteiger partial charge is 0.224 e. The van der Waals surface area contributed by atoms with Crippen molar-refractivity contribution in [3.05, 3.63) is 29.1 Å². The van der Waals surface area contributed by atoms with E-state index in [4.69, 9.17) is 0 Å². The molecule has 4 heteroatoms. The molecule has 2 aliphatic carbocycles. The summed E-state index contributed by atoms with van der Waals surface area (Å²) in [6, 6.07) is 3.59. The van der Waals surface area contributed by atoms with Crippen LogP contribution < -0.4 is 10.6 Å². The molecule has 1 heterocycles. The molecule has 3 unspecified atom stereocenters. The highest BCUT2D eigenvalue weighted by atomic mass is 19.1. The molecule has 2 saturated carbocycles. The Labute approximate surface area is 124 Å². The number of fused-ring (bicyclic) bond motifs is 2. The summed E-state index contributed by atoms with van der Waals surface area (Å²) >= 11 is 0. The topological polar surface area (TPSA) is 41.1 Å². The van der Waals surface area contributed by atoms with Gasteiger partial charge in [0, 0.05) is 23.7 Å². The van der Waals surface area contributed by atoms with Crippen molar-refractivity contribution in [1.82, 2.24) is 5.32 Å². The Morgan fingerprint density at radius 1 is 1.29 bits per heavy atom. The van der Waals surface area contributed by atoms with Gasteiger partial charge in [-0.05, 0) is 61.8 Å². The molecule has 3 atom stereocenters. The van der Waals surface area contributed by atoms with Crippen LogP contribution in [0.2, 0.25) is 0 Å². The van der Waals surface area contributed by atoms with Gasteiger partial charge in [0.05, 0.1) is 0 Å². The minimum atomic E-state index is -0.194. The van der Waals surface area contributed by atoms with Gasteiger partial charge >= 0.3 is 0 Å². The minimum absolute atomic E-state index is 0.0171. The summed E-state index contributed by atoms with van der Waals surface area (Å²) < 4.78 is 14.5. The zero-order valence-corrected chi connectivity index (χ0v) is 12.3. The second kappa shape index (κ2) is 4.80. The van der Waals surface area contributed by atoms with E-state index in [2.05, 4.69) is 10.6 Å². The van der Waals surface area contributed by atoms with Crippen molar-refractivity contribution in [2.75, 3.05) is 12.4 Å². The largest absolute Gasteiger partial charge is 0.326 e. The standard InChI is InChI=1S/C17H21FN2O/c1-19-17(16-10-3-2-4-11(10)16)12-7-9-5-6-15(21)20-14(9)8-13(12)18/h7-8,10-11,16-17,19H,2-6H2,1H3,(H,20,21). The first-order valence-electron chi connectivity index (χ1n) is 7.98. The number of anilines is 1. The molecular formula is C17H21FN2O. The summed E-state index contributed by atoms with van der Waals surface area (Å²) in [7, 11) is 1.93. The third-order valence-corrected chi connectivity index (χ3v) is 5.62. The molecule has 1 aromatic rings. The highest BCUT2D eigenvalue weighted by molar-refractivity contribution is 5.93. The Morgan fingerprint density at radius 3 is 2.76 bits per heavy atom. The number of halogens is 1. The maximum absolute atomic E-state index is 14.5. The number of carbonyl (C=O) groups is 1. The highest BCUT2D eigenvalue weighted by Gasteiger charge is 2.56. The Balaban J connectivity index is 1.66. The van der Waals surface area contributed by atoms with Gasteiger partial charge in [0.15, 0.2) is 0 Å². The van der Waals surface area contributed by atoms with Crippen molar-refractivity contribution in [3.63, 3.8) is 0 Å². The van der Waals surface area contributed by atoms with Gasteiger partial charge in [-0.2, -0.15) is 0 Å². The summed E-state index contributed by atoms with van der Waals surface area (Å²) in [6.45, 7) is 0. The third kappa shape index (κ3) is 2.08. The van der Waals surface area contributed by atoms with E-state index in [1.807, 2.05) is 13.1 Å². The highest BCUT2D eigenvalue weighted by Crippen LogP contribution is 2.62. The Hall–Kier alpha value is -1.42. The zero-order valence-electron chi connectivity index (χ0n) is 12.3. The van der Waals surface area contributed by atoms with Crippen LogP contribution in [0.3, 0.4) is 0 Å². The van der Waals surface area contributed by atoms with Gasteiger partial charge in [-0.3, -0.25) is 4.79 Å². The lowest BCUT2D eigenvalue weighted by atomic mass is 9.92. The normalized spacial score (nSPS) is 31.3. The van der Waals surface area contributed by atoms with Crippen molar-refractivity contribution in [2.24, 2.45) is 17.8 Å². The lowest BCUT2D eigenvalue weighted by molar-refractivity contribution is -0.116. The molecule has 1 aliphatic heterocycles. The molecule has 1 aromatic carbocycles. The lowest BCUT2D eigenvalue weighted by Gasteiger charge is -2.23. The predicted molar refractivity (Wildman–Crippen MR) is 79.5 cm³/mol. The van der Waals surface area contributed by atoms with Crippen LogP contribution in [-0.2, 0) is 11.2 Å². The number of hydrogen-bond acceptors (Lipinski definition) is 2. The van der Waals surface area contributed by atoms with Crippen LogP contribution in [0.5, 0.6) is 0 Å². The molecule has 0 spiro atoms. The first-order valence-corrected chi connectivity index (χ1v) is 7.98. The van der Waals surface area contributed by atoms with Crippen LogP contribution in [0.1, 0.15) is 42.9 Å². The number of nitrogens with one attached hydrogen (secondary N) is 2. The molecule has 4 rings (SSSR count). The van der Waals surface area contributed by atoms with Gasteiger partial charge in [-0.1, -0.05) is 6.42 Å². The van der Waals surface area contributed by atoms with Crippen molar-refractivity contribution in [2.45, 2.75) is 38.1 Å². The van der Waals surface area contributed by atoms with E-state index in [-0.39, 0.29) is 17.8 Å². The number of carbonyl (C=O) groups excluding carboxylic acids is 1. The number of benzene rings is 1. The van der Waals surface area contributed by atoms with Crippen LogP contribution in [0.15, 0.2) is 12.1 Å². The van der Waals surface area contributed by atoms with Gasteiger partial charge in [-0.15, -0.1) is 0 Å². The van der Waals surface area contributed by atoms with Crippen LogP contribution >= 0.6 is 0 Å². The number of hydrogen-bond donors (Lipinski definition) is 2. The number of aryl methyl sites for hydroxylation is 1. The summed E-state index contributed by atoms with van der Waals surface area (Å²) in [5, 5.41) is 6.11. The van der Waals surface area contributed by atoms with Crippen molar-refractivity contribution in [3.8, 4) is 0 Å². The molecule has 112 valence electrons. The van der Waals surface area contributed by atoms with Crippen molar-refractivity contribution in [1.29, 1.82) is 0 Å². The van der Waals surface area contributed by atoms with Gasteiger partial charge in [-0.25, -0.2) is 4.39 Å². The molecule has 2 fully saturated rings. The molecule has 2 N–H and O–H groups in total. The maximum atomic E-state index is 14.5. The first kappa shape index (κ1) is 13.3. The van der Waals surface area contributed by atoms with Crippen LogP contribution in [0, 0.1) is 23.6 Å². The van der Waals surface area contributed by atoms with Gasteiger partial charge in [0.1, 0.15) is 5.82 Å². The van der Waals surface area contributed by atoms with E-state index >= 15 is 0 Å². The molecular weight excluding hydrogens is 267 g/mol. The summed E-state index contributed by atoms with van der Waals surface area (Å²) in [4.78, 5) is 11.4. The zero-order chi connectivity index (χ0) is 14.6. The summed E-state index contributed by atoms with van der Waals surface area (Å²) in [5.74, 6) is 1.96. The van der Waals surface area contributed by atoms with E-state index in [0.717, 1.165) is 23.0 Å². The molecule has 3 nitrogen and oxygen atoms in total. The Kier molecular flexibility index (Phi) is 3.03. The third-order valence-electron chi connectivity index (χ3n) is 5.62. The average Bonchev–Trinajstić information content (AvgIpc) is 2.93. The molecule has 0 aromatic heterocycles. The molecule has 1 amide bonds. The van der Waals surface area contributed by atoms with E-state index < -0.39 is 0 Å². The van der Waals surface area contributed by atoms with E-state index in [1.165, 1.54) is 25.3 Å². The number of rotatable bonds is 3. The maximum Gasteiger partial charge on any atom is 0.224 e. The molecule has 0 radical (unpaired) electrons. The summed E-state index contributed by atoms with van der Waals surface area (Å²) in [5.41, 5.74) is 2.50. The number of amides is 1. The quantitative estimate of drug-likeness (QED) is 0.897. The molecule has 0 bridgehead atoms. The van der Waals surface area contributed by atoms with Crippen molar-refractivity contribution < 1.29 is 9.18 Å². The second-order valence-corrected chi connectivity index (χ2v) is 6.68. The van der Waals surface area contributed by atoms with E-state index in [0.29, 0.717) is 24.4 Å². The van der Waals surface area contributed by atoms with Gasteiger partial charge < -0.3 is 10.6 Å². The molecule has 3 aliphatic rings. The first-order chi connectivity index (χ1) is 10.2. The minimum Gasteiger partial charge on any atom is -0.326 e. The second-order valence-electron chi connectivity index (χ2n) is 6.68. The molecule has 21 heavy (non-hydrogen) atoms. The van der Waals surface area contributed by atoms with Crippen molar-refractivity contribution >= 4 is 11.6 Å². The SMILES string of the molecule is CNC(c1cc2c(cc1F)NC(=O)CC2)C1C2CCCC21. The Bertz CT molecular complexity index is 591. The summed E-state index contributed by atoms with van der Waals surface area (Å²) in [6.07, 6.45) is 5.15. The monoisotopic (exact) mass is 288 g/mol. The Morgan fingerprint density at radius 2 is 2.05 bits per heavy atom. The van der Waals surface area contributed by atoms with Crippen LogP contribution in [-0.4, -0.2) is 13.0 Å². The average molecular weight is 288 g/mol. The lowest BCUT2D eigenvalue weighted by Crippen LogP contribution is -2.24. The van der Waals surface area contributed by atoms with E-state index in [1.54, 1.807) is 0 Å². The fraction of sp³-hybridized carbons (Fsp3) is 0.588. The van der Waals surface area contributed by atoms with Crippen LogP contribution in [0.4, 0.5) is 10.1 Å². The fourth-order valence-electron chi connectivity index (χ4n) is 4.59. The van der Waals surface area contributed by atoms with Crippen LogP contribution in [0.25, 0.3) is 0 Å². The van der Waals surface area contributed by atoms with Gasteiger partial charge in [0.25, 0.3) is 0 Å². The predicted octanol–water partition coefficient (Wildman–Crippen LogP) is 3.02.